The summed E-state index contributed by atoms with van der Waals surface area (Å²) in [7, 11) is 0. The van der Waals surface area contributed by atoms with Crippen LogP contribution in [0.15, 0.2) is 24.3 Å². The highest BCUT2D eigenvalue weighted by Crippen LogP contribution is 2.17. The molecule has 0 amide bonds. The maximum absolute atomic E-state index is 5.67. The second-order valence-electron chi connectivity index (χ2n) is 4.86. The number of hydrogen-bond donors (Lipinski definition) is 1. The molecule has 1 aromatic carbocycles. The lowest BCUT2D eigenvalue weighted by Gasteiger charge is -2.15. The first-order chi connectivity index (χ1) is 7.79. The average molecular weight is 218 g/mol. The van der Waals surface area contributed by atoms with Gasteiger partial charge in [0, 0.05) is 6.54 Å². The lowest BCUT2D eigenvalue weighted by Crippen LogP contribution is -2.18. The smallest absolute Gasteiger partial charge is 0.0233 e. The monoisotopic (exact) mass is 218 g/mol. The van der Waals surface area contributed by atoms with Gasteiger partial charge < -0.3 is 5.73 Å². The highest BCUT2D eigenvalue weighted by molar-refractivity contribution is 5.25. The summed E-state index contributed by atoms with van der Waals surface area (Å²) in [6.45, 7) is 6.54. The lowest BCUT2D eigenvalue weighted by atomic mass is 10.00. The Balaban J connectivity index is 1.96. The van der Waals surface area contributed by atoms with Crippen LogP contribution in [0.25, 0.3) is 0 Å². The summed E-state index contributed by atoms with van der Waals surface area (Å²) in [5.74, 6) is 0.473. The van der Waals surface area contributed by atoms with Gasteiger partial charge in [-0.05, 0) is 49.5 Å². The van der Waals surface area contributed by atoms with Gasteiger partial charge in [-0.2, -0.15) is 0 Å². The topological polar surface area (TPSA) is 29.3 Å². The van der Waals surface area contributed by atoms with E-state index in [-0.39, 0.29) is 0 Å². The Morgan fingerprint density at radius 3 is 2.38 bits per heavy atom. The molecule has 1 fully saturated rings. The predicted octanol–water partition coefficient (Wildman–Crippen LogP) is 2.34. The number of hydrogen-bond acceptors (Lipinski definition) is 2. The highest BCUT2D eigenvalue weighted by atomic mass is 15.1. The minimum atomic E-state index is 0.473. The minimum absolute atomic E-state index is 0.473. The van der Waals surface area contributed by atoms with E-state index in [1.54, 1.807) is 0 Å². The van der Waals surface area contributed by atoms with Gasteiger partial charge in [-0.1, -0.05) is 31.2 Å². The van der Waals surface area contributed by atoms with Crippen LogP contribution in [0.2, 0.25) is 0 Å². The Bertz CT molecular complexity index is 312. The van der Waals surface area contributed by atoms with Crippen LogP contribution in [0.1, 0.15) is 36.8 Å². The normalized spacial score (nSPS) is 18.9. The maximum Gasteiger partial charge on any atom is 0.0233 e. The fraction of sp³-hybridized carbons (Fsp3) is 0.571. The van der Waals surface area contributed by atoms with Crippen molar-refractivity contribution in [1.29, 1.82) is 0 Å². The first-order valence-electron chi connectivity index (χ1n) is 6.31. The summed E-state index contributed by atoms with van der Waals surface area (Å²) in [5.41, 5.74) is 8.45. The number of likely N-dealkylation sites (tertiary alicyclic amines) is 1. The van der Waals surface area contributed by atoms with Crippen LogP contribution in [0.5, 0.6) is 0 Å². The van der Waals surface area contributed by atoms with E-state index in [0.29, 0.717) is 5.92 Å². The molecular formula is C14H22N2. The van der Waals surface area contributed by atoms with E-state index >= 15 is 0 Å². The molecule has 1 aliphatic heterocycles. The number of nitrogens with two attached hydrogens (primary N) is 1. The zero-order valence-electron chi connectivity index (χ0n) is 10.2. The van der Waals surface area contributed by atoms with Gasteiger partial charge in [-0.25, -0.2) is 0 Å². The SMILES string of the molecule is C[C@@H](CN)c1ccc(CN2CCCC2)cc1. The molecule has 2 rings (SSSR count). The van der Waals surface area contributed by atoms with Crippen molar-refractivity contribution in [3.05, 3.63) is 35.4 Å². The molecule has 1 saturated heterocycles. The van der Waals surface area contributed by atoms with Crippen molar-refractivity contribution in [3.8, 4) is 0 Å². The Hall–Kier alpha value is -0.860. The Morgan fingerprint density at radius 1 is 1.19 bits per heavy atom. The third-order valence-corrected chi connectivity index (χ3v) is 3.51. The van der Waals surface area contributed by atoms with Crippen molar-refractivity contribution in [3.63, 3.8) is 0 Å². The molecule has 2 nitrogen and oxygen atoms in total. The molecule has 88 valence electrons. The molecule has 1 heterocycles. The fourth-order valence-electron chi connectivity index (χ4n) is 2.29. The molecule has 0 radical (unpaired) electrons. The van der Waals surface area contributed by atoms with Crippen LogP contribution < -0.4 is 5.73 Å². The van der Waals surface area contributed by atoms with E-state index in [2.05, 4.69) is 36.1 Å². The molecule has 0 aromatic heterocycles. The molecule has 0 spiro atoms. The molecule has 16 heavy (non-hydrogen) atoms. The van der Waals surface area contributed by atoms with Crippen LogP contribution >= 0.6 is 0 Å². The molecule has 1 atom stereocenters. The van der Waals surface area contributed by atoms with Crippen molar-refractivity contribution in [2.45, 2.75) is 32.2 Å². The molecule has 1 aliphatic rings. The largest absolute Gasteiger partial charge is 0.330 e. The Labute approximate surface area is 98.4 Å². The second kappa shape index (κ2) is 5.46. The van der Waals surface area contributed by atoms with E-state index in [4.69, 9.17) is 5.73 Å². The van der Waals surface area contributed by atoms with Crippen molar-refractivity contribution in [1.82, 2.24) is 4.90 Å². The maximum atomic E-state index is 5.67. The van der Waals surface area contributed by atoms with Gasteiger partial charge >= 0.3 is 0 Å². The van der Waals surface area contributed by atoms with Gasteiger partial charge in [0.1, 0.15) is 0 Å². The summed E-state index contributed by atoms with van der Waals surface area (Å²) >= 11 is 0. The quantitative estimate of drug-likeness (QED) is 0.840. The highest BCUT2D eigenvalue weighted by Gasteiger charge is 2.11. The summed E-state index contributed by atoms with van der Waals surface area (Å²) < 4.78 is 0. The Morgan fingerprint density at radius 2 is 1.81 bits per heavy atom. The zero-order chi connectivity index (χ0) is 11.4. The number of benzene rings is 1. The summed E-state index contributed by atoms with van der Waals surface area (Å²) in [4.78, 5) is 2.53. The summed E-state index contributed by atoms with van der Waals surface area (Å²) in [5, 5.41) is 0. The summed E-state index contributed by atoms with van der Waals surface area (Å²) in [6.07, 6.45) is 2.73. The third-order valence-electron chi connectivity index (χ3n) is 3.51. The van der Waals surface area contributed by atoms with E-state index < -0.39 is 0 Å². The molecule has 1 aromatic rings. The molecular weight excluding hydrogens is 196 g/mol. The number of nitrogens with zero attached hydrogens (tertiary/aromatic N) is 1. The van der Waals surface area contributed by atoms with Gasteiger partial charge in [-0.3, -0.25) is 4.90 Å². The predicted molar refractivity (Wildman–Crippen MR) is 68.4 cm³/mol. The van der Waals surface area contributed by atoms with Crippen LogP contribution in [-0.2, 0) is 6.54 Å². The standard InChI is InChI=1S/C14H22N2/c1-12(10-15)14-6-4-13(5-7-14)11-16-8-2-3-9-16/h4-7,12H,2-3,8-11,15H2,1H3/t12-/m0/s1. The zero-order valence-corrected chi connectivity index (χ0v) is 10.2. The van der Waals surface area contributed by atoms with Crippen molar-refractivity contribution < 1.29 is 0 Å². The first kappa shape index (κ1) is 11.6. The van der Waals surface area contributed by atoms with Gasteiger partial charge in [0.2, 0.25) is 0 Å². The van der Waals surface area contributed by atoms with Crippen molar-refractivity contribution in [2.24, 2.45) is 5.73 Å². The second-order valence-corrected chi connectivity index (χ2v) is 4.86. The van der Waals surface area contributed by atoms with Gasteiger partial charge in [-0.15, -0.1) is 0 Å². The molecule has 0 bridgehead atoms. The molecule has 0 unspecified atom stereocenters. The number of rotatable bonds is 4. The van der Waals surface area contributed by atoms with Crippen LogP contribution in [-0.4, -0.2) is 24.5 Å². The van der Waals surface area contributed by atoms with Crippen molar-refractivity contribution in [2.75, 3.05) is 19.6 Å². The van der Waals surface area contributed by atoms with Crippen LogP contribution in [0, 0.1) is 0 Å². The summed E-state index contributed by atoms with van der Waals surface area (Å²) in [6, 6.07) is 8.95. The Kier molecular flexibility index (Phi) is 3.97. The minimum Gasteiger partial charge on any atom is -0.330 e. The lowest BCUT2D eigenvalue weighted by molar-refractivity contribution is 0.331. The molecule has 2 N–H and O–H groups in total. The van der Waals surface area contributed by atoms with E-state index in [0.717, 1.165) is 13.1 Å². The first-order valence-corrected chi connectivity index (χ1v) is 6.31. The average Bonchev–Trinajstić information content (AvgIpc) is 2.82. The van der Waals surface area contributed by atoms with E-state index in [9.17, 15) is 0 Å². The van der Waals surface area contributed by atoms with E-state index in [1.807, 2.05) is 0 Å². The van der Waals surface area contributed by atoms with Gasteiger partial charge in [0.15, 0.2) is 0 Å². The molecule has 2 heteroatoms. The molecule has 0 aliphatic carbocycles. The van der Waals surface area contributed by atoms with Gasteiger partial charge in [0.05, 0.1) is 0 Å². The van der Waals surface area contributed by atoms with Crippen LogP contribution in [0.3, 0.4) is 0 Å². The van der Waals surface area contributed by atoms with Gasteiger partial charge in [0.25, 0.3) is 0 Å². The molecule has 0 saturated carbocycles. The van der Waals surface area contributed by atoms with E-state index in [1.165, 1.54) is 37.1 Å². The van der Waals surface area contributed by atoms with Crippen LogP contribution in [0.4, 0.5) is 0 Å². The third kappa shape index (κ3) is 2.83. The van der Waals surface area contributed by atoms with Crippen molar-refractivity contribution >= 4 is 0 Å². The fourth-order valence-corrected chi connectivity index (χ4v) is 2.29.